The lowest BCUT2D eigenvalue weighted by molar-refractivity contribution is 0.0314. The van der Waals surface area contributed by atoms with E-state index in [1.165, 1.54) is 11.1 Å². The Balaban J connectivity index is 0.00000191. The fourth-order valence-electron chi connectivity index (χ4n) is 2.23. The van der Waals surface area contributed by atoms with Gasteiger partial charge in [0.15, 0.2) is 0 Å². The fourth-order valence-corrected chi connectivity index (χ4v) is 2.50. The lowest BCUT2D eigenvalue weighted by Gasteiger charge is -2.35. The molecule has 2 N–H and O–H groups in total. The van der Waals surface area contributed by atoms with Crippen molar-refractivity contribution in [3.05, 3.63) is 35.4 Å². The third-order valence-corrected chi connectivity index (χ3v) is 3.74. The van der Waals surface area contributed by atoms with Crippen molar-refractivity contribution in [2.75, 3.05) is 19.4 Å². The first-order chi connectivity index (χ1) is 10.0. The SMILES string of the molecule is CC.COC(c1ccc(C)cc1)C(C)(C)NCCCSO. The highest BCUT2D eigenvalue weighted by Gasteiger charge is 2.30. The molecule has 0 amide bonds. The summed E-state index contributed by atoms with van der Waals surface area (Å²) in [5.74, 6) is 0.755. The van der Waals surface area contributed by atoms with Crippen molar-refractivity contribution >= 4 is 12.0 Å². The minimum absolute atomic E-state index is 0.00915. The summed E-state index contributed by atoms with van der Waals surface area (Å²) in [6, 6.07) is 8.46. The van der Waals surface area contributed by atoms with E-state index in [0.717, 1.165) is 30.8 Å². The monoisotopic (exact) mass is 313 g/mol. The van der Waals surface area contributed by atoms with Crippen LogP contribution < -0.4 is 5.32 Å². The van der Waals surface area contributed by atoms with Gasteiger partial charge < -0.3 is 14.6 Å². The van der Waals surface area contributed by atoms with Crippen LogP contribution in [0.1, 0.15) is 51.3 Å². The summed E-state index contributed by atoms with van der Waals surface area (Å²) in [6.45, 7) is 11.2. The molecule has 0 saturated carbocycles. The molecular weight excluding hydrogens is 282 g/mol. The molecule has 3 nitrogen and oxygen atoms in total. The number of methoxy groups -OCH3 is 1. The topological polar surface area (TPSA) is 41.5 Å². The van der Waals surface area contributed by atoms with Gasteiger partial charge in [-0.2, -0.15) is 0 Å². The molecule has 0 saturated heterocycles. The lowest BCUT2D eigenvalue weighted by Crippen LogP contribution is -2.46. The van der Waals surface area contributed by atoms with E-state index in [1.807, 2.05) is 13.8 Å². The Morgan fingerprint density at radius 2 is 1.81 bits per heavy atom. The van der Waals surface area contributed by atoms with Crippen LogP contribution in [0.5, 0.6) is 0 Å². The molecule has 1 aromatic rings. The molecule has 1 atom stereocenters. The van der Waals surface area contributed by atoms with Crippen molar-refractivity contribution < 1.29 is 9.29 Å². The molecular formula is C17H31NO2S. The van der Waals surface area contributed by atoms with Crippen molar-refractivity contribution in [1.82, 2.24) is 5.32 Å². The summed E-state index contributed by atoms with van der Waals surface area (Å²) in [6.07, 6.45) is 0.949. The maximum absolute atomic E-state index is 8.72. The number of rotatable bonds is 8. The number of aryl methyl sites for hydroxylation is 1. The van der Waals surface area contributed by atoms with Crippen LogP contribution >= 0.6 is 12.0 Å². The Hall–Kier alpha value is -0.550. The third-order valence-electron chi connectivity index (χ3n) is 3.26. The molecule has 21 heavy (non-hydrogen) atoms. The van der Waals surface area contributed by atoms with Crippen molar-refractivity contribution in [2.45, 2.75) is 52.7 Å². The van der Waals surface area contributed by atoms with Crippen LogP contribution in [0.25, 0.3) is 0 Å². The van der Waals surface area contributed by atoms with E-state index in [1.54, 1.807) is 7.11 Å². The Morgan fingerprint density at radius 3 is 2.29 bits per heavy atom. The summed E-state index contributed by atoms with van der Waals surface area (Å²) in [5, 5.41) is 3.51. The van der Waals surface area contributed by atoms with Gasteiger partial charge in [0.05, 0.1) is 6.10 Å². The van der Waals surface area contributed by atoms with E-state index in [2.05, 4.69) is 50.4 Å². The number of benzene rings is 1. The van der Waals surface area contributed by atoms with Gasteiger partial charge in [0.1, 0.15) is 0 Å². The summed E-state index contributed by atoms with van der Waals surface area (Å²) >= 11 is 0.893. The minimum atomic E-state index is -0.149. The van der Waals surface area contributed by atoms with Gasteiger partial charge in [0.25, 0.3) is 0 Å². The van der Waals surface area contributed by atoms with E-state index >= 15 is 0 Å². The lowest BCUT2D eigenvalue weighted by atomic mass is 9.90. The van der Waals surface area contributed by atoms with Gasteiger partial charge in [0.2, 0.25) is 0 Å². The maximum Gasteiger partial charge on any atom is 0.0997 e. The predicted molar refractivity (Wildman–Crippen MR) is 94.1 cm³/mol. The second-order valence-corrected chi connectivity index (χ2v) is 6.03. The Labute approximate surface area is 134 Å². The maximum atomic E-state index is 8.72. The summed E-state index contributed by atoms with van der Waals surface area (Å²) in [4.78, 5) is 0. The molecule has 1 unspecified atom stereocenters. The molecule has 0 bridgehead atoms. The van der Waals surface area contributed by atoms with Crippen molar-refractivity contribution in [2.24, 2.45) is 0 Å². The molecule has 1 rings (SSSR count). The van der Waals surface area contributed by atoms with Gasteiger partial charge in [-0.15, -0.1) is 0 Å². The molecule has 0 aliphatic carbocycles. The van der Waals surface area contributed by atoms with Crippen LogP contribution in [0.2, 0.25) is 0 Å². The van der Waals surface area contributed by atoms with Crippen molar-refractivity contribution in [3.8, 4) is 0 Å². The summed E-state index contributed by atoms with van der Waals surface area (Å²) in [7, 11) is 1.75. The van der Waals surface area contributed by atoms with Crippen LogP contribution in [-0.2, 0) is 4.74 Å². The largest absolute Gasteiger partial charge is 0.375 e. The fraction of sp³-hybridized carbons (Fsp3) is 0.647. The van der Waals surface area contributed by atoms with E-state index < -0.39 is 0 Å². The van der Waals surface area contributed by atoms with E-state index in [9.17, 15) is 0 Å². The zero-order valence-electron chi connectivity index (χ0n) is 14.3. The molecule has 0 aliphatic heterocycles. The molecule has 0 radical (unpaired) electrons. The molecule has 0 heterocycles. The zero-order valence-corrected chi connectivity index (χ0v) is 15.1. The number of ether oxygens (including phenoxy) is 1. The molecule has 0 spiro atoms. The molecule has 122 valence electrons. The average Bonchev–Trinajstić information content (AvgIpc) is 2.48. The number of hydrogen-bond donors (Lipinski definition) is 2. The molecule has 0 aliphatic rings. The Bertz CT molecular complexity index is 366. The van der Waals surface area contributed by atoms with Gasteiger partial charge in [-0.05, 0) is 51.3 Å². The number of hydrogen-bond acceptors (Lipinski definition) is 4. The van der Waals surface area contributed by atoms with Crippen molar-refractivity contribution in [1.29, 1.82) is 0 Å². The zero-order chi connectivity index (χ0) is 16.3. The van der Waals surface area contributed by atoms with E-state index in [-0.39, 0.29) is 11.6 Å². The van der Waals surface area contributed by atoms with Gasteiger partial charge in [-0.25, -0.2) is 0 Å². The summed E-state index contributed by atoms with van der Waals surface area (Å²) < 4.78 is 14.4. The van der Waals surface area contributed by atoms with Gasteiger partial charge in [0, 0.05) is 18.4 Å². The second kappa shape index (κ2) is 11.1. The van der Waals surface area contributed by atoms with Crippen LogP contribution in [0.4, 0.5) is 0 Å². The molecule has 1 aromatic carbocycles. The van der Waals surface area contributed by atoms with Crippen molar-refractivity contribution in [3.63, 3.8) is 0 Å². The third kappa shape index (κ3) is 7.32. The highest BCUT2D eigenvalue weighted by Crippen LogP contribution is 2.29. The predicted octanol–water partition coefficient (Wildman–Crippen LogP) is 4.67. The minimum Gasteiger partial charge on any atom is -0.375 e. The Morgan fingerprint density at radius 1 is 1.24 bits per heavy atom. The van der Waals surface area contributed by atoms with E-state index in [0.29, 0.717) is 0 Å². The Kier molecular flexibility index (Phi) is 10.8. The highest BCUT2D eigenvalue weighted by molar-refractivity contribution is 7.93. The quantitative estimate of drug-likeness (QED) is 0.540. The molecule has 4 heteroatoms. The van der Waals surface area contributed by atoms with Crippen LogP contribution in [-0.4, -0.2) is 29.5 Å². The average molecular weight is 314 g/mol. The van der Waals surface area contributed by atoms with Crippen LogP contribution in [0, 0.1) is 6.92 Å². The van der Waals surface area contributed by atoms with Gasteiger partial charge in [-0.3, -0.25) is 0 Å². The van der Waals surface area contributed by atoms with Gasteiger partial charge in [-0.1, -0.05) is 43.7 Å². The van der Waals surface area contributed by atoms with Crippen LogP contribution in [0.3, 0.4) is 0 Å². The van der Waals surface area contributed by atoms with Crippen LogP contribution in [0.15, 0.2) is 24.3 Å². The molecule has 0 aromatic heterocycles. The first-order valence-corrected chi connectivity index (χ1v) is 8.56. The second-order valence-electron chi connectivity index (χ2n) is 5.36. The molecule has 0 fully saturated rings. The highest BCUT2D eigenvalue weighted by atomic mass is 32.2. The normalized spacial score (nSPS) is 12.5. The standard InChI is InChI=1S/C15H25NO2S.C2H6/c1-12-6-8-13(9-7-12)14(18-4)15(2,3)16-10-5-11-19-17;1-2/h6-9,14,16-17H,5,10-11H2,1-4H3;1-2H3. The number of nitrogens with one attached hydrogen (secondary N) is 1. The first kappa shape index (κ1) is 20.5. The first-order valence-electron chi connectivity index (χ1n) is 7.62. The smallest absolute Gasteiger partial charge is 0.0997 e. The van der Waals surface area contributed by atoms with Gasteiger partial charge >= 0.3 is 0 Å². The van der Waals surface area contributed by atoms with E-state index in [4.69, 9.17) is 9.29 Å². The summed E-state index contributed by atoms with van der Waals surface area (Å²) in [5.41, 5.74) is 2.29.